The van der Waals surface area contributed by atoms with Crippen LogP contribution in [0.3, 0.4) is 0 Å². The quantitative estimate of drug-likeness (QED) is 0.398. The maximum Gasteiger partial charge on any atom is 0.354 e. The van der Waals surface area contributed by atoms with E-state index in [1.165, 1.54) is 14.0 Å². The Bertz CT molecular complexity index is 594. The number of H-pyrrole nitrogens is 1. The Morgan fingerprint density at radius 3 is 2.55 bits per heavy atom. The first-order valence-electron chi connectivity index (χ1n) is 5.39. The fraction of sp³-hybridized carbons (Fsp3) is 0.400. The van der Waals surface area contributed by atoms with E-state index in [0.717, 1.165) is 7.11 Å². The summed E-state index contributed by atoms with van der Waals surface area (Å²) in [7, 11) is 2.32. The van der Waals surface area contributed by atoms with Crippen LogP contribution in [0.4, 0.5) is 5.95 Å². The summed E-state index contributed by atoms with van der Waals surface area (Å²) in [5.74, 6) is -1.56. The number of nitrogens with zero attached hydrogens (tertiary/aromatic N) is 3. The van der Waals surface area contributed by atoms with Gasteiger partial charge < -0.3 is 9.47 Å². The number of esters is 2. The molecule has 0 saturated heterocycles. The van der Waals surface area contributed by atoms with Gasteiger partial charge in [-0.1, -0.05) is 0 Å². The van der Waals surface area contributed by atoms with Crippen molar-refractivity contribution in [2.24, 2.45) is 5.10 Å². The molecule has 0 radical (unpaired) electrons. The van der Waals surface area contributed by atoms with Crippen LogP contribution in [0.2, 0.25) is 0 Å². The number of rotatable bonds is 5. The highest BCUT2D eigenvalue weighted by Gasteiger charge is 2.17. The molecule has 108 valence electrons. The summed E-state index contributed by atoms with van der Waals surface area (Å²) in [5.41, 5.74) is 1.80. The molecule has 0 fully saturated rings. The minimum Gasteiger partial charge on any atom is -0.469 e. The predicted octanol–water partition coefficient (Wildman–Crippen LogP) is -1.02. The SMILES string of the molecule is COC(=O)C/C(=N/Nc1nnc(C)c(=O)[nH]1)C(=O)OC. The van der Waals surface area contributed by atoms with Crippen LogP contribution in [0.5, 0.6) is 0 Å². The topological polar surface area (TPSA) is 136 Å². The molecule has 10 heteroatoms. The van der Waals surface area contributed by atoms with Crippen molar-refractivity contribution in [3.63, 3.8) is 0 Å². The van der Waals surface area contributed by atoms with Crippen LogP contribution in [0.15, 0.2) is 9.90 Å². The predicted molar refractivity (Wildman–Crippen MR) is 67.1 cm³/mol. The van der Waals surface area contributed by atoms with Gasteiger partial charge in [0.2, 0.25) is 5.95 Å². The molecule has 0 bridgehead atoms. The smallest absolute Gasteiger partial charge is 0.354 e. The molecule has 20 heavy (non-hydrogen) atoms. The number of aromatic amines is 1. The lowest BCUT2D eigenvalue weighted by atomic mass is 10.3. The van der Waals surface area contributed by atoms with Gasteiger partial charge in [0.1, 0.15) is 5.69 Å². The third-order valence-corrected chi connectivity index (χ3v) is 2.12. The van der Waals surface area contributed by atoms with Gasteiger partial charge >= 0.3 is 11.9 Å². The Balaban J connectivity index is 2.90. The number of hydrogen-bond acceptors (Lipinski definition) is 9. The van der Waals surface area contributed by atoms with Gasteiger partial charge in [-0.25, -0.2) is 10.2 Å². The molecule has 1 rings (SSSR count). The van der Waals surface area contributed by atoms with Crippen LogP contribution in [-0.2, 0) is 19.1 Å². The molecule has 0 saturated carbocycles. The Morgan fingerprint density at radius 1 is 1.30 bits per heavy atom. The van der Waals surface area contributed by atoms with Gasteiger partial charge in [0.05, 0.1) is 20.6 Å². The van der Waals surface area contributed by atoms with Crippen molar-refractivity contribution >= 4 is 23.6 Å². The first-order valence-corrected chi connectivity index (χ1v) is 5.39. The lowest BCUT2D eigenvalue weighted by molar-refractivity contribution is -0.140. The number of ether oxygens (including phenoxy) is 2. The summed E-state index contributed by atoms with van der Waals surface area (Å²) < 4.78 is 8.88. The van der Waals surface area contributed by atoms with Gasteiger partial charge in [-0.2, -0.15) is 5.10 Å². The maximum atomic E-state index is 11.4. The number of anilines is 1. The van der Waals surface area contributed by atoms with Crippen molar-refractivity contribution < 1.29 is 19.1 Å². The van der Waals surface area contributed by atoms with Gasteiger partial charge in [0.15, 0.2) is 5.71 Å². The highest BCUT2D eigenvalue weighted by Crippen LogP contribution is 1.97. The molecule has 0 unspecified atom stereocenters. The molecule has 2 N–H and O–H groups in total. The minimum absolute atomic E-state index is 0.0770. The van der Waals surface area contributed by atoms with Crippen LogP contribution in [0, 0.1) is 6.92 Å². The molecule has 1 aromatic heterocycles. The van der Waals surface area contributed by atoms with Crippen molar-refractivity contribution in [1.29, 1.82) is 0 Å². The van der Waals surface area contributed by atoms with Gasteiger partial charge in [0, 0.05) is 0 Å². The normalized spacial score (nSPS) is 10.8. The van der Waals surface area contributed by atoms with E-state index in [2.05, 4.69) is 35.2 Å². The Morgan fingerprint density at radius 2 is 2.00 bits per heavy atom. The number of hydrogen-bond donors (Lipinski definition) is 2. The molecule has 0 spiro atoms. The Kier molecular flexibility index (Phi) is 5.32. The molecule has 0 aromatic carbocycles. The molecule has 0 aliphatic heterocycles. The monoisotopic (exact) mass is 283 g/mol. The van der Waals surface area contributed by atoms with Crippen molar-refractivity contribution in [2.75, 3.05) is 19.6 Å². The van der Waals surface area contributed by atoms with E-state index in [1.807, 2.05) is 0 Å². The van der Waals surface area contributed by atoms with Gasteiger partial charge in [-0.3, -0.25) is 14.6 Å². The van der Waals surface area contributed by atoms with Gasteiger partial charge in [-0.15, -0.1) is 10.2 Å². The summed E-state index contributed by atoms with van der Waals surface area (Å²) in [6, 6.07) is 0. The van der Waals surface area contributed by atoms with Crippen LogP contribution in [0.25, 0.3) is 0 Å². The van der Waals surface area contributed by atoms with Gasteiger partial charge in [0.25, 0.3) is 5.56 Å². The number of hydrazone groups is 1. The number of methoxy groups -OCH3 is 2. The summed E-state index contributed by atoms with van der Waals surface area (Å²) in [4.78, 5) is 36.2. The molecule has 0 aliphatic carbocycles. The van der Waals surface area contributed by atoms with E-state index in [1.54, 1.807) is 0 Å². The van der Waals surface area contributed by atoms with E-state index in [9.17, 15) is 14.4 Å². The molecule has 10 nitrogen and oxygen atoms in total. The second-order valence-corrected chi connectivity index (χ2v) is 3.50. The number of aryl methyl sites for hydroxylation is 1. The molecule has 1 aromatic rings. The second kappa shape index (κ2) is 6.97. The van der Waals surface area contributed by atoms with Crippen LogP contribution >= 0.6 is 0 Å². The van der Waals surface area contributed by atoms with Gasteiger partial charge in [-0.05, 0) is 6.92 Å². The number of carbonyl (C=O) groups is 2. The maximum absolute atomic E-state index is 11.4. The zero-order chi connectivity index (χ0) is 15.1. The molecule has 0 atom stereocenters. The van der Waals surface area contributed by atoms with E-state index < -0.39 is 17.5 Å². The molecular formula is C10H13N5O5. The van der Waals surface area contributed by atoms with Crippen LogP contribution in [0.1, 0.15) is 12.1 Å². The first kappa shape index (κ1) is 15.3. The minimum atomic E-state index is -0.815. The van der Waals surface area contributed by atoms with Crippen LogP contribution < -0.4 is 11.0 Å². The summed E-state index contributed by atoms with van der Waals surface area (Å²) >= 11 is 0. The standard InChI is InChI=1S/C10H13N5O5/c1-5-8(17)11-10(14-12-5)15-13-6(9(18)20-3)4-7(16)19-2/h4H2,1-3H3,(H2,11,14,15,17)/b13-6-. The van der Waals surface area contributed by atoms with Crippen molar-refractivity contribution in [3.05, 3.63) is 16.0 Å². The number of nitrogens with one attached hydrogen (secondary N) is 2. The lowest BCUT2D eigenvalue weighted by Crippen LogP contribution is -2.22. The highest BCUT2D eigenvalue weighted by atomic mass is 16.5. The zero-order valence-corrected chi connectivity index (χ0v) is 11.1. The van der Waals surface area contributed by atoms with Crippen molar-refractivity contribution in [3.8, 4) is 0 Å². The Hall–Kier alpha value is -2.78. The fourth-order valence-corrected chi connectivity index (χ4v) is 1.05. The number of aromatic nitrogens is 3. The van der Waals surface area contributed by atoms with E-state index in [4.69, 9.17) is 0 Å². The third-order valence-electron chi connectivity index (χ3n) is 2.12. The van der Waals surface area contributed by atoms with E-state index >= 15 is 0 Å². The second-order valence-electron chi connectivity index (χ2n) is 3.50. The van der Waals surface area contributed by atoms with Crippen molar-refractivity contribution in [1.82, 2.24) is 15.2 Å². The summed E-state index contributed by atoms with van der Waals surface area (Å²) in [5, 5.41) is 10.8. The molecule has 0 amide bonds. The highest BCUT2D eigenvalue weighted by molar-refractivity contribution is 6.39. The fourth-order valence-electron chi connectivity index (χ4n) is 1.05. The lowest BCUT2D eigenvalue weighted by Gasteiger charge is -2.04. The third kappa shape index (κ3) is 4.15. The first-order chi connectivity index (χ1) is 9.47. The summed E-state index contributed by atoms with van der Waals surface area (Å²) in [6.45, 7) is 1.48. The van der Waals surface area contributed by atoms with E-state index in [-0.39, 0.29) is 23.8 Å². The Labute approximate surface area is 113 Å². The number of carbonyl (C=O) groups excluding carboxylic acids is 2. The summed E-state index contributed by atoms with van der Waals surface area (Å²) in [6.07, 6.45) is -0.389. The largest absolute Gasteiger partial charge is 0.469 e. The average molecular weight is 283 g/mol. The molecule has 0 aliphatic rings. The molecule has 1 heterocycles. The van der Waals surface area contributed by atoms with Crippen molar-refractivity contribution in [2.45, 2.75) is 13.3 Å². The molecular weight excluding hydrogens is 270 g/mol. The van der Waals surface area contributed by atoms with E-state index in [0.29, 0.717) is 0 Å². The van der Waals surface area contributed by atoms with Crippen LogP contribution in [-0.4, -0.2) is 47.1 Å². The average Bonchev–Trinajstić information content (AvgIpc) is 2.45. The zero-order valence-electron chi connectivity index (χ0n) is 11.1.